The Morgan fingerprint density at radius 1 is 1.08 bits per heavy atom. The topological polar surface area (TPSA) is 66.4 Å². The normalized spacial score (nSPS) is 33.1. The van der Waals surface area contributed by atoms with Crippen LogP contribution >= 0.6 is 23.2 Å². The zero-order chi connectivity index (χ0) is 18.5. The predicted octanol–water partition coefficient (Wildman–Crippen LogP) is 4.32. The van der Waals surface area contributed by atoms with Gasteiger partial charge in [-0.1, -0.05) is 29.3 Å². The van der Waals surface area contributed by atoms with E-state index in [9.17, 15) is 14.7 Å². The predicted molar refractivity (Wildman–Crippen MR) is 100 cm³/mol. The first-order valence-corrected chi connectivity index (χ1v) is 10.1. The lowest BCUT2D eigenvalue weighted by atomic mass is 9.49. The number of carboxylic acid groups (broad SMARTS) is 1. The summed E-state index contributed by atoms with van der Waals surface area (Å²) in [6.07, 6.45) is 6.53. The summed E-state index contributed by atoms with van der Waals surface area (Å²) >= 11 is 12.4. The number of amides is 1. The number of hydrogen-bond acceptors (Lipinski definition) is 2. The van der Waals surface area contributed by atoms with Gasteiger partial charge in [0.2, 0.25) is 5.91 Å². The highest BCUT2D eigenvalue weighted by Gasteiger charge is 2.55. The second-order valence-electron chi connectivity index (χ2n) is 8.47. The summed E-state index contributed by atoms with van der Waals surface area (Å²) in [6.45, 7) is 0. The molecule has 5 rings (SSSR count). The molecule has 1 aromatic carbocycles. The summed E-state index contributed by atoms with van der Waals surface area (Å²) in [4.78, 5) is 24.9. The number of rotatable bonds is 5. The Morgan fingerprint density at radius 3 is 2.04 bits per heavy atom. The lowest BCUT2D eigenvalue weighted by molar-refractivity contribution is -0.151. The van der Waals surface area contributed by atoms with Crippen LogP contribution in [-0.2, 0) is 16.0 Å². The fourth-order valence-electron chi connectivity index (χ4n) is 5.83. The molecule has 4 saturated carbocycles. The van der Waals surface area contributed by atoms with E-state index >= 15 is 0 Å². The number of benzene rings is 1. The molecule has 0 saturated heterocycles. The first-order chi connectivity index (χ1) is 12.4. The van der Waals surface area contributed by atoms with Crippen molar-refractivity contribution in [2.24, 2.45) is 23.2 Å². The van der Waals surface area contributed by atoms with Gasteiger partial charge >= 0.3 is 5.97 Å². The zero-order valence-corrected chi connectivity index (χ0v) is 16.0. The molecule has 4 nitrogen and oxygen atoms in total. The average Bonchev–Trinajstić information content (AvgIpc) is 2.55. The van der Waals surface area contributed by atoms with E-state index in [1.807, 2.05) is 0 Å². The van der Waals surface area contributed by atoms with E-state index in [1.165, 1.54) is 19.3 Å². The number of halogens is 2. The van der Waals surface area contributed by atoms with Crippen molar-refractivity contribution in [3.05, 3.63) is 33.8 Å². The van der Waals surface area contributed by atoms with Crippen LogP contribution in [-0.4, -0.2) is 23.0 Å². The van der Waals surface area contributed by atoms with E-state index in [0.29, 0.717) is 33.4 Å². The Kier molecular flexibility index (Phi) is 4.68. The molecule has 0 aromatic heterocycles. The Bertz CT molecular complexity index is 693. The van der Waals surface area contributed by atoms with E-state index in [4.69, 9.17) is 23.2 Å². The number of carbonyl (C=O) groups excluding carboxylic acids is 1. The van der Waals surface area contributed by atoms with Crippen LogP contribution in [0.1, 0.15) is 44.1 Å². The third-order valence-electron chi connectivity index (χ3n) is 6.59. The van der Waals surface area contributed by atoms with Crippen LogP contribution in [0.5, 0.6) is 0 Å². The monoisotopic (exact) mass is 395 g/mol. The molecule has 4 bridgehead atoms. The van der Waals surface area contributed by atoms with Gasteiger partial charge in [-0.25, -0.2) is 4.79 Å². The highest BCUT2D eigenvalue weighted by molar-refractivity contribution is 6.36. The van der Waals surface area contributed by atoms with Crippen molar-refractivity contribution in [3.8, 4) is 0 Å². The Labute approximate surface area is 163 Å². The number of nitrogens with one attached hydrogen (secondary N) is 1. The zero-order valence-electron chi connectivity index (χ0n) is 14.5. The molecule has 0 heterocycles. The summed E-state index contributed by atoms with van der Waals surface area (Å²) in [5.41, 5.74) is 0.196. The minimum atomic E-state index is -1.06. The highest BCUT2D eigenvalue weighted by atomic mass is 35.5. The highest BCUT2D eigenvalue weighted by Crippen LogP contribution is 2.60. The minimum Gasteiger partial charge on any atom is -0.480 e. The summed E-state index contributed by atoms with van der Waals surface area (Å²) in [5.74, 6) is 0.751. The summed E-state index contributed by atoms with van der Waals surface area (Å²) in [6, 6.07) is 4.07. The smallest absolute Gasteiger partial charge is 0.326 e. The molecule has 0 unspecified atom stereocenters. The molecule has 1 atom stereocenters. The van der Waals surface area contributed by atoms with Crippen LogP contribution in [0.4, 0.5) is 0 Å². The minimum absolute atomic E-state index is 0.0892. The molecule has 140 valence electrons. The van der Waals surface area contributed by atoms with E-state index in [-0.39, 0.29) is 17.7 Å². The van der Waals surface area contributed by atoms with E-state index < -0.39 is 12.0 Å². The SMILES string of the molecule is O=C(O)[C@H](Cc1c(Cl)cccc1Cl)NC(=O)C12CC3CC(CC(C3)C1)C2. The Balaban J connectivity index is 1.52. The first kappa shape index (κ1) is 18.1. The van der Waals surface area contributed by atoms with Crippen LogP contribution in [0.25, 0.3) is 0 Å². The number of hydrogen-bond donors (Lipinski definition) is 2. The lowest BCUT2D eigenvalue weighted by Gasteiger charge is -2.55. The Morgan fingerprint density at radius 2 is 1.58 bits per heavy atom. The number of carbonyl (C=O) groups is 2. The lowest BCUT2D eigenvalue weighted by Crippen LogP contribution is -2.56. The average molecular weight is 396 g/mol. The summed E-state index contributed by atoms with van der Waals surface area (Å²) in [5, 5.41) is 13.3. The van der Waals surface area contributed by atoms with Crippen molar-refractivity contribution in [1.82, 2.24) is 5.32 Å². The van der Waals surface area contributed by atoms with E-state index in [1.54, 1.807) is 18.2 Å². The van der Waals surface area contributed by atoms with Gasteiger partial charge in [0.25, 0.3) is 0 Å². The molecule has 1 aromatic rings. The molecule has 4 aliphatic carbocycles. The van der Waals surface area contributed by atoms with Crippen molar-refractivity contribution < 1.29 is 14.7 Å². The third kappa shape index (κ3) is 3.22. The molecule has 0 aliphatic heterocycles. The number of aliphatic carboxylic acids is 1. The standard InChI is InChI=1S/C20H23Cl2NO3/c21-15-2-1-3-16(22)14(15)7-17(18(24)25)23-19(26)20-8-11-4-12(9-20)6-13(5-11)10-20/h1-3,11-13,17H,4-10H2,(H,23,26)(H,24,25)/t11?,12?,13?,17-,20?/m0/s1. The fraction of sp³-hybridized carbons (Fsp3) is 0.600. The fourth-order valence-corrected chi connectivity index (χ4v) is 6.38. The largest absolute Gasteiger partial charge is 0.480 e. The second-order valence-corrected chi connectivity index (χ2v) is 9.28. The molecule has 4 aliphatic rings. The molecule has 6 heteroatoms. The molecule has 1 amide bonds. The van der Waals surface area contributed by atoms with Crippen molar-refractivity contribution in [2.75, 3.05) is 0 Å². The van der Waals surface area contributed by atoms with Gasteiger partial charge in [0.05, 0.1) is 0 Å². The van der Waals surface area contributed by atoms with E-state index in [2.05, 4.69) is 5.32 Å². The summed E-state index contributed by atoms with van der Waals surface area (Å²) in [7, 11) is 0. The van der Waals surface area contributed by atoms with Crippen LogP contribution in [0.2, 0.25) is 10.0 Å². The quantitative estimate of drug-likeness (QED) is 0.779. The summed E-state index contributed by atoms with van der Waals surface area (Å²) < 4.78 is 0. The van der Waals surface area contributed by atoms with Crippen molar-refractivity contribution in [2.45, 2.75) is 51.0 Å². The van der Waals surface area contributed by atoms with Gasteiger partial charge in [0.15, 0.2) is 0 Å². The van der Waals surface area contributed by atoms with Crippen LogP contribution in [0.15, 0.2) is 18.2 Å². The van der Waals surface area contributed by atoms with Crippen LogP contribution in [0, 0.1) is 23.2 Å². The van der Waals surface area contributed by atoms with Crippen LogP contribution in [0.3, 0.4) is 0 Å². The maximum Gasteiger partial charge on any atom is 0.326 e. The van der Waals surface area contributed by atoms with Crippen molar-refractivity contribution in [3.63, 3.8) is 0 Å². The molecular formula is C20H23Cl2NO3. The van der Waals surface area contributed by atoms with Gasteiger partial charge in [0.1, 0.15) is 6.04 Å². The second kappa shape index (κ2) is 6.72. The first-order valence-electron chi connectivity index (χ1n) is 9.33. The molecule has 0 radical (unpaired) electrons. The van der Waals surface area contributed by atoms with E-state index in [0.717, 1.165) is 19.3 Å². The van der Waals surface area contributed by atoms with Gasteiger partial charge in [-0.05, 0) is 74.0 Å². The van der Waals surface area contributed by atoms with Gasteiger partial charge in [-0.3, -0.25) is 4.79 Å². The van der Waals surface area contributed by atoms with Gasteiger partial charge < -0.3 is 10.4 Å². The maximum absolute atomic E-state index is 13.1. The molecule has 2 N–H and O–H groups in total. The van der Waals surface area contributed by atoms with Crippen molar-refractivity contribution in [1.29, 1.82) is 0 Å². The number of carboxylic acids is 1. The molecule has 4 fully saturated rings. The molecular weight excluding hydrogens is 373 g/mol. The molecule has 0 spiro atoms. The van der Waals surface area contributed by atoms with Crippen molar-refractivity contribution >= 4 is 35.1 Å². The van der Waals surface area contributed by atoms with Crippen LogP contribution < -0.4 is 5.32 Å². The maximum atomic E-state index is 13.1. The Hall–Kier alpha value is -1.26. The van der Waals surface area contributed by atoms with Gasteiger partial charge in [0, 0.05) is 21.9 Å². The molecule has 26 heavy (non-hydrogen) atoms. The van der Waals surface area contributed by atoms with Gasteiger partial charge in [-0.15, -0.1) is 0 Å². The van der Waals surface area contributed by atoms with Gasteiger partial charge in [-0.2, -0.15) is 0 Å². The third-order valence-corrected chi connectivity index (χ3v) is 7.30.